The molecule has 5 nitrogen and oxygen atoms in total. The molecule has 0 spiro atoms. The van der Waals surface area contributed by atoms with Crippen molar-refractivity contribution in [3.8, 4) is 5.69 Å². The fourth-order valence-electron chi connectivity index (χ4n) is 2.35. The molecule has 0 aliphatic heterocycles. The third-order valence-corrected chi connectivity index (χ3v) is 5.48. The van der Waals surface area contributed by atoms with Crippen molar-refractivity contribution in [3.05, 3.63) is 64.1 Å². The Morgan fingerprint density at radius 2 is 1.88 bits per heavy atom. The second-order valence-corrected chi connectivity index (χ2v) is 7.25. The van der Waals surface area contributed by atoms with Crippen LogP contribution < -0.4 is 5.32 Å². The zero-order valence-corrected chi connectivity index (χ0v) is 15.8. The van der Waals surface area contributed by atoms with Gasteiger partial charge in [0.25, 0.3) is 0 Å². The molecule has 130 valence electrons. The van der Waals surface area contributed by atoms with Crippen molar-refractivity contribution < 1.29 is 5.32 Å². The lowest BCUT2D eigenvalue weighted by molar-refractivity contribution is -0.670. The van der Waals surface area contributed by atoms with Gasteiger partial charge in [0.15, 0.2) is 0 Å². The average Bonchev–Trinajstić information content (AvgIpc) is 3.10. The van der Waals surface area contributed by atoms with Gasteiger partial charge in [0.1, 0.15) is 6.54 Å². The molecule has 0 fully saturated rings. The van der Waals surface area contributed by atoms with Gasteiger partial charge >= 0.3 is 0 Å². The second kappa shape index (κ2) is 9.20. The van der Waals surface area contributed by atoms with Crippen LogP contribution in [0, 0.1) is 0 Å². The number of aromatic nitrogens is 4. The fourth-order valence-corrected chi connectivity index (χ4v) is 3.60. The minimum atomic E-state index is 0.607. The van der Waals surface area contributed by atoms with E-state index in [1.807, 2.05) is 42.5 Å². The molecule has 8 heteroatoms. The molecule has 0 unspecified atom stereocenters. The van der Waals surface area contributed by atoms with Gasteiger partial charge in [-0.1, -0.05) is 65.3 Å². The first-order valence-electron chi connectivity index (χ1n) is 7.97. The molecule has 0 radical (unpaired) electrons. The van der Waals surface area contributed by atoms with Crippen LogP contribution in [-0.4, -0.2) is 32.5 Å². The summed E-state index contributed by atoms with van der Waals surface area (Å²) in [5.41, 5.74) is 2.03. The summed E-state index contributed by atoms with van der Waals surface area (Å²) in [6, 6.07) is 15.6. The first-order valence-corrected chi connectivity index (χ1v) is 9.71. The van der Waals surface area contributed by atoms with Crippen LogP contribution in [0.3, 0.4) is 0 Å². The summed E-state index contributed by atoms with van der Waals surface area (Å²) in [5, 5.41) is 16.2. The Hall–Kier alpha value is -1.60. The molecule has 0 bridgehead atoms. The number of halogens is 2. The molecule has 0 amide bonds. The molecule has 1 heterocycles. The van der Waals surface area contributed by atoms with Crippen molar-refractivity contribution in [3.63, 3.8) is 0 Å². The van der Waals surface area contributed by atoms with Crippen LogP contribution >= 0.6 is 35.0 Å². The first kappa shape index (κ1) is 18.2. The topological polar surface area (TPSA) is 60.2 Å². The summed E-state index contributed by atoms with van der Waals surface area (Å²) in [7, 11) is 0. The van der Waals surface area contributed by atoms with Gasteiger partial charge in [0.05, 0.1) is 22.3 Å². The van der Waals surface area contributed by atoms with E-state index in [0.29, 0.717) is 10.0 Å². The van der Waals surface area contributed by atoms with Gasteiger partial charge < -0.3 is 5.32 Å². The predicted octanol–water partition coefficient (Wildman–Crippen LogP) is 3.21. The molecule has 0 aliphatic rings. The highest BCUT2D eigenvalue weighted by molar-refractivity contribution is 7.99. The summed E-state index contributed by atoms with van der Waals surface area (Å²) >= 11 is 13.9. The fraction of sp³-hybridized carbons (Fsp3) is 0.235. The van der Waals surface area contributed by atoms with Gasteiger partial charge in [-0.2, -0.15) is 4.68 Å². The highest BCUT2D eigenvalue weighted by Crippen LogP contribution is 2.24. The Morgan fingerprint density at radius 3 is 2.72 bits per heavy atom. The maximum Gasteiger partial charge on any atom is 0.214 e. The SMILES string of the molecule is Clc1cccc(C[NH2+]CCCSc2nnnn2-c2ccccc2)c1Cl. The van der Waals surface area contributed by atoms with Crippen molar-refractivity contribution >= 4 is 35.0 Å². The van der Waals surface area contributed by atoms with Gasteiger partial charge in [-0.15, -0.1) is 5.10 Å². The minimum absolute atomic E-state index is 0.607. The Bertz CT molecular complexity index is 810. The maximum absolute atomic E-state index is 6.20. The largest absolute Gasteiger partial charge is 0.342 e. The van der Waals surface area contributed by atoms with E-state index < -0.39 is 0 Å². The number of quaternary nitrogens is 1. The third-order valence-electron chi connectivity index (χ3n) is 3.62. The van der Waals surface area contributed by atoms with Crippen LogP contribution in [-0.2, 0) is 6.54 Å². The van der Waals surface area contributed by atoms with Crippen LogP contribution in [0.25, 0.3) is 5.69 Å². The lowest BCUT2D eigenvalue weighted by atomic mass is 10.2. The Labute approximate surface area is 160 Å². The molecule has 1 aromatic heterocycles. The molecule has 25 heavy (non-hydrogen) atoms. The zero-order valence-electron chi connectivity index (χ0n) is 13.5. The van der Waals surface area contributed by atoms with Crippen LogP contribution in [0.2, 0.25) is 10.0 Å². The van der Waals surface area contributed by atoms with Crippen LogP contribution in [0.4, 0.5) is 0 Å². The van der Waals surface area contributed by atoms with E-state index in [1.54, 1.807) is 22.5 Å². The predicted molar refractivity (Wildman–Crippen MR) is 101 cm³/mol. The molecular formula is C17H18Cl2N5S+. The number of thioether (sulfide) groups is 1. The number of benzene rings is 2. The lowest BCUT2D eigenvalue weighted by Gasteiger charge is -2.06. The number of para-hydroxylation sites is 1. The number of nitrogens with two attached hydrogens (primary N) is 1. The number of tetrazole rings is 1. The number of hydrogen-bond donors (Lipinski definition) is 1. The van der Waals surface area contributed by atoms with Crippen molar-refractivity contribution in [2.75, 3.05) is 12.3 Å². The van der Waals surface area contributed by atoms with Gasteiger partial charge in [0.2, 0.25) is 5.16 Å². The number of rotatable bonds is 8. The van der Waals surface area contributed by atoms with Crippen LogP contribution in [0.1, 0.15) is 12.0 Å². The highest BCUT2D eigenvalue weighted by atomic mass is 35.5. The summed E-state index contributed by atoms with van der Waals surface area (Å²) in [6.45, 7) is 1.83. The van der Waals surface area contributed by atoms with E-state index in [2.05, 4.69) is 20.8 Å². The molecule has 0 atom stereocenters. The molecule has 3 rings (SSSR count). The van der Waals surface area contributed by atoms with Crippen LogP contribution in [0.15, 0.2) is 53.7 Å². The summed E-state index contributed by atoms with van der Waals surface area (Å²) < 4.78 is 1.76. The average molecular weight is 395 g/mol. The van der Waals surface area contributed by atoms with Crippen molar-refractivity contribution in [2.45, 2.75) is 18.1 Å². The van der Waals surface area contributed by atoms with E-state index in [-0.39, 0.29) is 0 Å². The van der Waals surface area contributed by atoms with Crippen molar-refractivity contribution in [2.24, 2.45) is 0 Å². The third kappa shape index (κ3) is 4.95. The lowest BCUT2D eigenvalue weighted by Crippen LogP contribution is -2.82. The quantitative estimate of drug-likeness (QED) is 0.470. The van der Waals surface area contributed by atoms with Gasteiger partial charge in [0, 0.05) is 17.7 Å². The number of nitrogens with zero attached hydrogens (tertiary/aromatic N) is 4. The Kier molecular flexibility index (Phi) is 6.69. The van der Waals surface area contributed by atoms with Gasteiger partial charge in [-0.25, -0.2) is 0 Å². The summed E-state index contributed by atoms with van der Waals surface area (Å²) in [4.78, 5) is 0. The molecular weight excluding hydrogens is 377 g/mol. The van der Waals surface area contributed by atoms with E-state index in [0.717, 1.165) is 41.7 Å². The van der Waals surface area contributed by atoms with Crippen molar-refractivity contribution in [1.29, 1.82) is 0 Å². The summed E-state index contributed by atoms with van der Waals surface area (Å²) in [5.74, 6) is 0.951. The molecule has 2 N–H and O–H groups in total. The molecule has 2 aromatic carbocycles. The summed E-state index contributed by atoms with van der Waals surface area (Å²) in [6.07, 6.45) is 1.05. The Balaban J connectivity index is 1.43. The van der Waals surface area contributed by atoms with Gasteiger partial charge in [-0.3, -0.25) is 0 Å². The molecule has 0 saturated carbocycles. The standard InChI is InChI=1S/C17H17Cl2N5S/c18-15-9-4-6-13(16(15)19)12-20-10-5-11-25-17-21-22-23-24(17)14-7-2-1-3-8-14/h1-4,6-9,20H,5,10-12H2/p+1. The van der Waals surface area contributed by atoms with Crippen molar-refractivity contribution in [1.82, 2.24) is 20.2 Å². The second-order valence-electron chi connectivity index (χ2n) is 5.41. The number of hydrogen-bond acceptors (Lipinski definition) is 4. The van der Waals surface area contributed by atoms with E-state index in [4.69, 9.17) is 23.2 Å². The first-order chi connectivity index (χ1) is 12.3. The van der Waals surface area contributed by atoms with E-state index in [1.165, 1.54) is 0 Å². The molecule has 3 aromatic rings. The van der Waals surface area contributed by atoms with Crippen LogP contribution in [0.5, 0.6) is 0 Å². The zero-order chi connectivity index (χ0) is 17.5. The molecule has 0 saturated heterocycles. The van der Waals surface area contributed by atoms with E-state index >= 15 is 0 Å². The normalized spacial score (nSPS) is 11.0. The monoisotopic (exact) mass is 394 g/mol. The Morgan fingerprint density at radius 1 is 1.04 bits per heavy atom. The highest BCUT2D eigenvalue weighted by Gasteiger charge is 2.09. The smallest absolute Gasteiger partial charge is 0.214 e. The van der Waals surface area contributed by atoms with Gasteiger partial charge in [-0.05, 0) is 28.6 Å². The minimum Gasteiger partial charge on any atom is -0.342 e. The van der Waals surface area contributed by atoms with E-state index in [9.17, 15) is 0 Å². The maximum atomic E-state index is 6.20. The molecule has 0 aliphatic carbocycles.